The molecule has 1 amide bonds. The van der Waals surface area contributed by atoms with Crippen LogP contribution in [0, 0.1) is 6.92 Å². The highest BCUT2D eigenvalue weighted by molar-refractivity contribution is 6.04. The van der Waals surface area contributed by atoms with Gasteiger partial charge in [-0.3, -0.25) is 19.4 Å². The predicted octanol–water partition coefficient (Wildman–Crippen LogP) is 1.62. The number of ketones is 1. The van der Waals surface area contributed by atoms with Crippen LogP contribution in [-0.4, -0.2) is 58.7 Å². The van der Waals surface area contributed by atoms with Crippen molar-refractivity contribution in [2.75, 3.05) is 32.1 Å². The molecule has 0 saturated carbocycles. The van der Waals surface area contributed by atoms with E-state index < -0.39 is 0 Å². The van der Waals surface area contributed by atoms with E-state index in [0.29, 0.717) is 42.4 Å². The van der Waals surface area contributed by atoms with E-state index in [1.54, 1.807) is 9.80 Å². The quantitative estimate of drug-likeness (QED) is 0.839. The fourth-order valence-electron chi connectivity index (χ4n) is 4.22. The molecule has 2 aliphatic rings. The van der Waals surface area contributed by atoms with Gasteiger partial charge in [0.25, 0.3) is 11.5 Å². The summed E-state index contributed by atoms with van der Waals surface area (Å²) in [5.74, 6) is 0.576. The zero-order valence-electron chi connectivity index (χ0n) is 16.5. The van der Waals surface area contributed by atoms with Crippen molar-refractivity contribution >= 4 is 17.6 Å². The lowest BCUT2D eigenvalue weighted by atomic mass is 9.94. The summed E-state index contributed by atoms with van der Waals surface area (Å²) in [5.41, 5.74) is 3.40. The van der Waals surface area contributed by atoms with Gasteiger partial charge in [0, 0.05) is 56.8 Å². The number of carbonyl (C=O) groups excluding carboxylic acids is 2. The first kappa shape index (κ1) is 18.5. The Morgan fingerprint density at radius 2 is 2.04 bits per heavy atom. The van der Waals surface area contributed by atoms with Crippen molar-refractivity contribution in [2.45, 2.75) is 38.5 Å². The first-order valence-corrected chi connectivity index (χ1v) is 9.67. The Hall–Kier alpha value is -2.90. The van der Waals surface area contributed by atoms with E-state index in [1.807, 2.05) is 21.0 Å². The van der Waals surface area contributed by atoms with E-state index >= 15 is 0 Å². The minimum Gasteiger partial charge on any atom is -0.354 e. The smallest absolute Gasteiger partial charge is 0.270 e. The Morgan fingerprint density at radius 1 is 1.25 bits per heavy atom. The molecule has 0 radical (unpaired) electrons. The van der Waals surface area contributed by atoms with Gasteiger partial charge in [-0.15, -0.1) is 0 Å². The van der Waals surface area contributed by atoms with Crippen LogP contribution in [0.4, 0.5) is 5.95 Å². The number of hydrogen-bond acceptors (Lipinski definition) is 5. The highest BCUT2D eigenvalue weighted by Crippen LogP contribution is 2.30. The van der Waals surface area contributed by atoms with Gasteiger partial charge in [-0.2, -0.15) is 0 Å². The zero-order valence-corrected chi connectivity index (χ0v) is 16.5. The third-order valence-corrected chi connectivity index (χ3v) is 5.72. The molecule has 0 spiro atoms. The molecule has 1 aliphatic carbocycles. The lowest BCUT2D eigenvalue weighted by molar-refractivity contribution is 0.0784. The van der Waals surface area contributed by atoms with Gasteiger partial charge < -0.3 is 14.8 Å². The zero-order chi connectivity index (χ0) is 20.0. The van der Waals surface area contributed by atoms with E-state index in [1.165, 1.54) is 6.07 Å². The molecule has 28 heavy (non-hydrogen) atoms. The number of nitrogens with one attached hydrogen (secondary N) is 2. The van der Waals surface area contributed by atoms with Crippen LogP contribution in [0.1, 0.15) is 63.0 Å². The van der Waals surface area contributed by atoms with Crippen molar-refractivity contribution in [2.24, 2.45) is 0 Å². The molecule has 1 saturated heterocycles. The monoisotopic (exact) mass is 383 g/mol. The van der Waals surface area contributed by atoms with E-state index in [0.717, 1.165) is 30.5 Å². The Morgan fingerprint density at radius 3 is 2.75 bits per heavy atom. The second-order valence-corrected chi connectivity index (χ2v) is 7.88. The van der Waals surface area contributed by atoms with Gasteiger partial charge in [0.15, 0.2) is 5.78 Å². The number of nitrogens with zero attached hydrogens (tertiary/aromatic N) is 3. The number of aromatic amines is 2. The van der Waals surface area contributed by atoms with Crippen molar-refractivity contribution in [3.8, 4) is 0 Å². The molecule has 0 aromatic carbocycles. The van der Waals surface area contributed by atoms with E-state index in [2.05, 4.69) is 15.0 Å². The minimum absolute atomic E-state index is 0.0245. The standard InChI is InChI=1S/C20H25N5O3/c1-11-17-13(5-4-6-15(17)26)21-18(11)19(28)25-8-7-12(10-25)14-9-16(27)23-20(22-14)24(2)3/h9,12,21H,4-8,10H2,1-3H3,(H,22,23,27)/t12-/m1/s1. The van der Waals surface area contributed by atoms with Gasteiger partial charge >= 0.3 is 0 Å². The van der Waals surface area contributed by atoms with E-state index in [-0.39, 0.29) is 23.2 Å². The van der Waals surface area contributed by atoms with Crippen LogP contribution in [0.15, 0.2) is 10.9 Å². The number of aryl methyl sites for hydroxylation is 1. The number of carbonyl (C=O) groups is 2. The lowest BCUT2D eigenvalue weighted by Gasteiger charge is -2.17. The molecule has 4 rings (SSSR count). The Labute approximate surface area is 163 Å². The molecule has 0 unspecified atom stereocenters. The number of H-pyrrole nitrogens is 2. The van der Waals surface area contributed by atoms with Crippen LogP contribution in [-0.2, 0) is 6.42 Å². The number of Topliss-reactive ketones (excluding diaryl/α,β-unsaturated/α-hetero) is 1. The first-order valence-electron chi connectivity index (χ1n) is 9.67. The summed E-state index contributed by atoms with van der Waals surface area (Å²) in [6.07, 6.45) is 2.94. The van der Waals surface area contributed by atoms with Crippen molar-refractivity contribution < 1.29 is 9.59 Å². The second-order valence-electron chi connectivity index (χ2n) is 7.88. The highest BCUT2D eigenvalue weighted by Gasteiger charge is 2.33. The van der Waals surface area contributed by atoms with Crippen LogP contribution in [0.25, 0.3) is 0 Å². The minimum atomic E-state index is -0.190. The van der Waals surface area contributed by atoms with E-state index in [9.17, 15) is 14.4 Å². The fraction of sp³-hybridized carbons (Fsp3) is 0.500. The normalized spacial score (nSPS) is 19.0. The molecule has 148 valence electrons. The van der Waals surface area contributed by atoms with E-state index in [4.69, 9.17) is 0 Å². The maximum Gasteiger partial charge on any atom is 0.270 e. The number of anilines is 1. The number of amides is 1. The summed E-state index contributed by atoms with van der Waals surface area (Å²) in [6, 6.07) is 1.52. The van der Waals surface area contributed by atoms with Crippen LogP contribution in [0.3, 0.4) is 0 Å². The molecule has 8 nitrogen and oxygen atoms in total. The third kappa shape index (κ3) is 3.12. The van der Waals surface area contributed by atoms with Crippen molar-refractivity contribution in [3.63, 3.8) is 0 Å². The van der Waals surface area contributed by atoms with Gasteiger partial charge in [-0.25, -0.2) is 4.98 Å². The average molecular weight is 383 g/mol. The summed E-state index contributed by atoms with van der Waals surface area (Å²) in [7, 11) is 3.65. The van der Waals surface area contributed by atoms with Gasteiger partial charge in [-0.1, -0.05) is 0 Å². The summed E-state index contributed by atoms with van der Waals surface area (Å²) in [5, 5.41) is 0. The number of aromatic nitrogens is 3. The maximum absolute atomic E-state index is 13.1. The van der Waals surface area contributed by atoms with Gasteiger partial charge in [0.05, 0.1) is 5.69 Å². The number of rotatable bonds is 3. The van der Waals surface area contributed by atoms with Gasteiger partial charge in [0.2, 0.25) is 5.95 Å². The first-order chi connectivity index (χ1) is 13.3. The summed E-state index contributed by atoms with van der Waals surface area (Å²) < 4.78 is 0. The molecule has 1 aliphatic heterocycles. The lowest BCUT2D eigenvalue weighted by Crippen LogP contribution is -2.29. The topological polar surface area (TPSA) is 102 Å². The maximum atomic E-state index is 13.1. The van der Waals surface area contributed by atoms with Gasteiger partial charge in [-0.05, 0) is 31.7 Å². The van der Waals surface area contributed by atoms with Crippen molar-refractivity contribution in [3.05, 3.63) is 44.6 Å². The SMILES string of the molecule is Cc1c(C(=O)N2CC[C@@H](c3cc(=O)[nH]c(N(C)C)n3)C2)[nH]c2c1C(=O)CCC2. The molecular formula is C20H25N5O3. The molecular weight excluding hydrogens is 358 g/mol. The fourth-order valence-corrected chi connectivity index (χ4v) is 4.22. The molecule has 2 aromatic rings. The van der Waals surface area contributed by atoms with Crippen LogP contribution in [0.5, 0.6) is 0 Å². The average Bonchev–Trinajstić information content (AvgIpc) is 3.27. The molecule has 8 heteroatoms. The molecule has 1 atom stereocenters. The highest BCUT2D eigenvalue weighted by atomic mass is 16.2. The van der Waals surface area contributed by atoms with Crippen LogP contribution >= 0.6 is 0 Å². The molecule has 2 N–H and O–H groups in total. The number of likely N-dealkylation sites (tertiary alicyclic amines) is 1. The third-order valence-electron chi connectivity index (χ3n) is 5.72. The van der Waals surface area contributed by atoms with Crippen molar-refractivity contribution in [1.82, 2.24) is 19.9 Å². The van der Waals surface area contributed by atoms with Crippen LogP contribution < -0.4 is 10.5 Å². The summed E-state index contributed by atoms with van der Waals surface area (Å²) in [4.78, 5) is 51.3. The predicted molar refractivity (Wildman–Crippen MR) is 105 cm³/mol. The number of fused-ring (bicyclic) bond motifs is 1. The Balaban J connectivity index is 1.56. The van der Waals surface area contributed by atoms with Crippen LogP contribution in [0.2, 0.25) is 0 Å². The molecule has 0 bridgehead atoms. The van der Waals surface area contributed by atoms with Crippen molar-refractivity contribution in [1.29, 1.82) is 0 Å². The second kappa shape index (κ2) is 6.92. The molecule has 1 fully saturated rings. The molecule has 3 heterocycles. The summed E-state index contributed by atoms with van der Waals surface area (Å²) >= 11 is 0. The largest absolute Gasteiger partial charge is 0.354 e. The Kier molecular flexibility index (Phi) is 4.56. The number of hydrogen-bond donors (Lipinski definition) is 2. The molecule has 2 aromatic heterocycles. The summed E-state index contributed by atoms with van der Waals surface area (Å²) in [6.45, 7) is 2.96. The Bertz CT molecular complexity index is 1000. The van der Waals surface area contributed by atoms with Gasteiger partial charge in [0.1, 0.15) is 5.69 Å².